The van der Waals surface area contributed by atoms with Gasteiger partial charge in [-0.3, -0.25) is 4.79 Å². The fourth-order valence-electron chi connectivity index (χ4n) is 3.03. The maximum absolute atomic E-state index is 13.4. The molecule has 0 saturated carbocycles. The predicted molar refractivity (Wildman–Crippen MR) is 96.9 cm³/mol. The van der Waals surface area contributed by atoms with Crippen molar-refractivity contribution in [1.29, 1.82) is 0 Å². The molecule has 2 aromatic rings. The van der Waals surface area contributed by atoms with Crippen LogP contribution < -0.4 is 5.32 Å². The molecule has 2 rings (SSSR count). The van der Waals surface area contributed by atoms with Crippen molar-refractivity contribution in [3.05, 3.63) is 71.8 Å². The van der Waals surface area contributed by atoms with Gasteiger partial charge in [0.2, 0.25) is 5.91 Å². The van der Waals surface area contributed by atoms with Gasteiger partial charge in [-0.15, -0.1) is 0 Å². The number of hydrogen-bond acceptors (Lipinski definition) is 1. The van der Waals surface area contributed by atoms with Gasteiger partial charge in [-0.25, -0.2) is 0 Å². The summed E-state index contributed by atoms with van der Waals surface area (Å²) in [4.78, 5) is 12.2. The Morgan fingerprint density at radius 3 is 1.88 bits per heavy atom. The Bertz CT molecular complexity index is 683. The maximum atomic E-state index is 13.4. The van der Waals surface area contributed by atoms with Gasteiger partial charge in [0.1, 0.15) is 0 Å². The van der Waals surface area contributed by atoms with E-state index in [1.54, 1.807) is 18.2 Å². The van der Waals surface area contributed by atoms with Gasteiger partial charge in [0, 0.05) is 18.9 Å². The molecule has 0 aliphatic heterocycles. The Morgan fingerprint density at radius 1 is 0.923 bits per heavy atom. The van der Waals surface area contributed by atoms with Gasteiger partial charge in [-0.1, -0.05) is 74.5 Å². The molecule has 26 heavy (non-hydrogen) atoms. The van der Waals surface area contributed by atoms with Crippen LogP contribution in [0.4, 0.5) is 13.2 Å². The van der Waals surface area contributed by atoms with E-state index < -0.39 is 24.4 Å². The van der Waals surface area contributed by atoms with Crippen LogP contribution in [-0.2, 0) is 4.79 Å². The van der Waals surface area contributed by atoms with Gasteiger partial charge in [-0.05, 0) is 17.0 Å². The Morgan fingerprint density at radius 2 is 1.42 bits per heavy atom. The summed E-state index contributed by atoms with van der Waals surface area (Å²) in [5.41, 5.74) is 1.18. The third-order valence-electron chi connectivity index (χ3n) is 4.54. The first-order valence-corrected chi connectivity index (χ1v) is 8.72. The van der Waals surface area contributed by atoms with Gasteiger partial charge < -0.3 is 5.32 Å². The Labute approximate surface area is 152 Å². The van der Waals surface area contributed by atoms with Gasteiger partial charge in [0.25, 0.3) is 0 Å². The molecule has 2 nitrogen and oxygen atoms in total. The van der Waals surface area contributed by atoms with Crippen LogP contribution in [0.2, 0.25) is 0 Å². The average Bonchev–Trinajstić information content (AvgIpc) is 2.60. The minimum Gasteiger partial charge on any atom is -0.355 e. The zero-order valence-electron chi connectivity index (χ0n) is 15.0. The summed E-state index contributed by atoms with van der Waals surface area (Å²) in [6.45, 7) is 4.39. The summed E-state index contributed by atoms with van der Waals surface area (Å²) in [5, 5.41) is 2.70. The van der Waals surface area contributed by atoms with Crippen LogP contribution in [0.25, 0.3) is 0 Å². The molecule has 140 valence electrons. The molecule has 1 amide bonds. The number of rotatable bonds is 7. The highest BCUT2D eigenvalue weighted by molar-refractivity contribution is 5.77. The zero-order chi connectivity index (χ0) is 19.2. The second kappa shape index (κ2) is 8.88. The second-order valence-corrected chi connectivity index (χ2v) is 6.77. The number of nitrogens with one attached hydrogen (secondary N) is 1. The number of halogens is 3. The van der Waals surface area contributed by atoms with Crippen molar-refractivity contribution >= 4 is 5.91 Å². The molecule has 0 heterocycles. The average molecular weight is 363 g/mol. The van der Waals surface area contributed by atoms with Crippen molar-refractivity contribution in [2.24, 2.45) is 5.92 Å². The van der Waals surface area contributed by atoms with Crippen molar-refractivity contribution in [2.75, 3.05) is 6.54 Å². The van der Waals surface area contributed by atoms with Crippen molar-refractivity contribution in [2.45, 2.75) is 38.3 Å². The van der Waals surface area contributed by atoms with Crippen LogP contribution in [-0.4, -0.2) is 18.6 Å². The maximum Gasteiger partial charge on any atom is 0.396 e. The quantitative estimate of drug-likeness (QED) is 0.713. The first-order valence-electron chi connectivity index (χ1n) is 8.72. The minimum absolute atomic E-state index is 0.0567. The lowest BCUT2D eigenvalue weighted by Gasteiger charge is -2.24. The molecule has 0 aliphatic carbocycles. The molecule has 0 spiro atoms. The highest BCUT2D eigenvalue weighted by atomic mass is 19.4. The molecule has 2 aromatic carbocycles. The molecule has 0 saturated heterocycles. The number of carbonyl (C=O) groups excluding carboxylic acids is 1. The highest BCUT2D eigenvalue weighted by Crippen LogP contribution is 2.37. The minimum atomic E-state index is -4.46. The summed E-state index contributed by atoms with van der Waals surface area (Å²) in [6.07, 6.45) is -5.07. The van der Waals surface area contributed by atoms with E-state index in [0.29, 0.717) is 6.54 Å². The number of alkyl halides is 3. The van der Waals surface area contributed by atoms with Crippen molar-refractivity contribution < 1.29 is 18.0 Å². The number of hydrogen-bond donors (Lipinski definition) is 1. The fourth-order valence-corrected chi connectivity index (χ4v) is 3.03. The number of amides is 1. The SMILES string of the molecule is CC(C)C(CNC(=O)CC(c1ccccc1)C(F)(F)F)c1ccccc1. The summed E-state index contributed by atoms with van der Waals surface area (Å²) in [7, 11) is 0. The Hall–Kier alpha value is -2.30. The molecule has 0 fully saturated rings. The standard InChI is InChI=1S/C21H24F3NO/c1-15(2)18(16-9-5-3-6-10-16)14-25-20(26)13-19(21(22,23)24)17-11-7-4-8-12-17/h3-12,15,18-19H,13-14H2,1-2H3,(H,25,26). The van der Waals surface area contributed by atoms with Crippen molar-refractivity contribution in [3.63, 3.8) is 0 Å². The van der Waals surface area contributed by atoms with Crippen LogP contribution in [0.1, 0.15) is 43.2 Å². The molecule has 5 heteroatoms. The Balaban J connectivity index is 2.04. The predicted octanol–water partition coefficient (Wildman–Crippen LogP) is 5.28. The topological polar surface area (TPSA) is 29.1 Å². The second-order valence-electron chi connectivity index (χ2n) is 6.77. The molecule has 0 radical (unpaired) electrons. The highest BCUT2D eigenvalue weighted by Gasteiger charge is 2.41. The summed E-state index contributed by atoms with van der Waals surface area (Å²) < 4.78 is 40.1. The van der Waals surface area contributed by atoms with E-state index >= 15 is 0 Å². The summed E-state index contributed by atoms with van der Waals surface area (Å²) >= 11 is 0. The number of carbonyl (C=O) groups is 1. The largest absolute Gasteiger partial charge is 0.396 e. The third kappa shape index (κ3) is 5.61. The third-order valence-corrected chi connectivity index (χ3v) is 4.54. The smallest absolute Gasteiger partial charge is 0.355 e. The van der Waals surface area contributed by atoms with Gasteiger partial charge in [-0.2, -0.15) is 13.2 Å². The normalized spacial score (nSPS) is 14.1. The summed E-state index contributed by atoms with van der Waals surface area (Å²) in [5.74, 6) is -2.07. The van der Waals surface area contributed by atoms with Gasteiger partial charge >= 0.3 is 6.18 Å². The zero-order valence-corrected chi connectivity index (χ0v) is 15.0. The van der Waals surface area contributed by atoms with E-state index in [1.165, 1.54) is 12.1 Å². The lowest BCUT2D eigenvalue weighted by atomic mass is 9.88. The lowest BCUT2D eigenvalue weighted by Crippen LogP contribution is -2.34. The van der Waals surface area contributed by atoms with Gasteiger partial charge in [0.05, 0.1) is 5.92 Å². The van der Waals surface area contributed by atoms with E-state index in [0.717, 1.165) is 5.56 Å². The lowest BCUT2D eigenvalue weighted by molar-refractivity contribution is -0.157. The van der Waals surface area contributed by atoms with Crippen molar-refractivity contribution in [1.82, 2.24) is 5.32 Å². The van der Waals surface area contributed by atoms with E-state index in [9.17, 15) is 18.0 Å². The molecule has 1 N–H and O–H groups in total. The monoisotopic (exact) mass is 363 g/mol. The van der Waals surface area contributed by atoms with E-state index in [2.05, 4.69) is 5.32 Å². The molecule has 2 unspecified atom stereocenters. The molecule has 0 bridgehead atoms. The first kappa shape index (κ1) is 20.0. The fraction of sp³-hybridized carbons (Fsp3) is 0.381. The first-order chi connectivity index (χ1) is 12.3. The molecule has 2 atom stereocenters. The van der Waals surface area contributed by atoms with Crippen LogP contribution in [0, 0.1) is 5.92 Å². The molecule has 0 aromatic heterocycles. The molecular formula is C21H24F3NO. The molecule has 0 aliphatic rings. The van der Waals surface area contributed by atoms with E-state index in [-0.39, 0.29) is 17.4 Å². The van der Waals surface area contributed by atoms with Gasteiger partial charge in [0.15, 0.2) is 0 Å². The summed E-state index contributed by atoms with van der Waals surface area (Å²) in [6, 6.07) is 17.3. The van der Waals surface area contributed by atoms with Crippen molar-refractivity contribution in [3.8, 4) is 0 Å². The van der Waals surface area contributed by atoms with Crippen LogP contribution in [0.3, 0.4) is 0 Å². The molecular weight excluding hydrogens is 339 g/mol. The van der Waals surface area contributed by atoms with E-state index in [4.69, 9.17) is 0 Å². The Kier molecular flexibility index (Phi) is 6.83. The van der Waals surface area contributed by atoms with E-state index in [1.807, 2.05) is 44.2 Å². The van der Waals surface area contributed by atoms with Crippen LogP contribution in [0.5, 0.6) is 0 Å². The van der Waals surface area contributed by atoms with Crippen LogP contribution >= 0.6 is 0 Å². The number of benzene rings is 2. The van der Waals surface area contributed by atoms with Crippen LogP contribution in [0.15, 0.2) is 60.7 Å².